The minimum atomic E-state index is -0.176. The van der Waals surface area contributed by atoms with Crippen LogP contribution in [-0.4, -0.2) is 92.7 Å². The monoisotopic (exact) mass is 522 g/mol. The first kappa shape index (κ1) is 27.2. The minimum absolute atomic E-state index is 0.0290. The van der Waals surface area contributed by atoms with E-state index in [1.165, 1.54) is 44.9 Å². The maximum absolute atomic E-state index is 12.6. The molecule has 5 rings (SSSR count). The van der Waals surface area contributed by atoms with Crippen molar-refractivity contribution in [2.75, 3.05) is 51.1 Å². The number of benzene rings is 1. The highest BCUT2D eigenvalue weighted by atomic mass is 16.2. The third kappa shape index (κ3) is 6.26. The molecule has 1 unspecified atom stereocenters. The van der Waals surface area contributed by atoms with Gasteiger partial charge in [0.15, 0.2) is 5.82 Å². The van der Waals surface area contributed by atoms with E-state index in [9.17, 15) is 4.79 Å². The summed E-state index contributed by atoms with van der Waals surface area (Å²) in [5, 5.41) is 16.3. The van der Waals surface area contributed by atoms with Crippen molar-refractivity contribution in [3.8, 4) is 0 Å². The van der Waals surface area contributed by atoms with Crippen molar-refractivity contribution in [2.24, 2.45) is 0 Å². The molecule has 0 bridgehead atoms. The number of likely N-dealkylation sites (tertiary alicyclic amines) is 1. The number of aromatic nitrogens is 4. The predicted octanol–water partition coefficient (Wildman–Crippen LogP) is 3.89. The van der Waals surface area contributed by atoms with Gasteiger partial charge in [0.1, 0.15) is 0 Å². The normalized spacial score (nSPS) is 21.6. The van der Waals surface area contributed by atoms with Crippen molar-refractivity contribution in [1.29, 1.82) is 0 Å². The third-order valence-corrected chi connectivity index (χ3v) is 9.06. The Hall–Kier alpha value is -2.36. The van der Waals surface area contributed by atoms with Crippen LogP contribution in [0.2, 0.25) is 0 Å². The van der Waals surface area contributed by atoms with E-state index >= 15 is 0 Å². The lowest BCUT2D eigenvalue weighted by molar-refractivity contribution is -0.117. The van der Waals surface area contributed by atoms with Crippen LogP contribution in [0.4, 0.5) is 5.69 Å². The maximum atomic E-state index is 12.6. The fourth-order valence-corrected chi connectivity index (χ4v) is 6.37. The summed E-state index contributed by atoms with van der Waals surface area (Å²) in [6.45, 7) is 13.3. The molecule has 1 aromatic heterocycles. The van der Waals surface area contributed by atoms with E-state index in [0.717, 1.165) is 68.8 Å². The zero-order chi connectivity index (χ0) is 26.5. The van der Waals surface area contributed by atoms with Gasteiger partial charge in [-0.25, -0.2) is 4.68 Å². The van der Waals surface area contributed by atoms with Crippen molar-refractivity contribution in [2.45, 2.75) is 89.8 Å². The number of hydrogen-bond acceptors (Lipinski definition) is 7. The van der Waals surface area contributed by atoms with E-state index in [1.807, 2.05) is 16.8 Å². The first-order chi connectivity index (χ1) is 18.4. The SMILES string of the molecule is CCC(C)(C)n1nnnc1C(c1ccc(NC(=O)CN2CCCC2)cc1)N1CCN(C2CCCCC2)CC1. The fourth-order valence-electron chi connectivity index (χ4n) is 6.37. The number of carbonyl (C=O) groups excluding carboxylic acids is 1. The maximum Gasteiger partial charge on any atom is 0.238 e. The molecule has 2 saturated heterocycles. The number of hydrogen-bond donors (Lipinski definition) is 1. The number of nitrogens with zero attached hydrogens (tertiary/aromatic N) is 7. The molecule has 2 aliphatic heterocycles. The molecule has 208 valence electrons. The summed E-state index contributed by atoms with van der Waals surface area (Å²) in [7, 11) is 0. The van der Waals surface area contributed by atoms with Gasteiger partial charge in [-0.05, 0) is 87.2 Å². The van der Waals surface area contributed by atoms with Crippen molar-refractivity contribution >= 4 is 11.6 Å². The topological polar surface area (TPSA) is 82.4 Å². The quantitative estimate of drug-likeness (QED) is 0.535. The number of rotatable bonds is 9. The van der Waals surface area contributed by atoms with Gasteiger partial charge < -0.3 is 5.32 Å². The Kier molecular flexibility index (Phi) is 8.75. The van der Waals surface area contributed by atoms with Gasteiger partial charge in [0.25, 0.3) is 0 Å². The molecule has 0 radical (unpaired) electrons. The van der Waals surface area contributed by atoms with Gasteiger partial charge in [-0.15, -0.1) is 5.10 Å². The summed E-state index contributed by atoms with van der Waals surface area (Å²) in [6.07, 6.45) is 10.1. The van der Waals surface area contributed by atoms with Crippen molar-refractivity contribution < 1.29 is 4.79 Å². The summed E-state index contributed by atoms with van der Waals surface area (Å²) in [4.78, 5) is 20.1. The molecule has 3 heterocycles. The van der Waals surface area contributed by atoms with Crippen LogP contribution in [0.25, 0.3) is 0 Å². The minimum Gasteiger partial charge on any atom is -0.325 e. The lowest BCUT2D eigenvalue weighted by atomic mass is 9.93. The van der Waals surface area contributed by atoms with Gasteiger partial charge >= 0.3 is 0 Å². The molecule has 0 spiro atoms. The van der Waals surface area contributed by atoms with Gasteiger partial charge in [-0.3, -0.25) is 19.5 Å². The molecule has 2 aromatic rings. The second-order valence-corrected chi connectivity index (χ2v) is 12.0. The summed E-state index contributed by atoms with van der Waals surface area (Å²) in [5.41, 5.74) is 1.83. The van der Waals surface area contributed by atoms with Gasteiger partial charge in [-0.2, -0.15) is 0 Å². The van der Waals surface area contributed by atoms with Crippen LogP contribution in [0.15, 0.2) is 24.3 Å². The number of nitrogens with one attached hydrogen (secondary N) is 1. The average Bonchev–Trinajstić information content (AvgIpc) is 3.64. The standard InChI is InChI=1S/C29H46N8O/c1-4-29(2,3)37-28(31-32-33-37)27(36-20-18-35(19-21-36)25-10-6-5-7-11-25)23-12-14-24(15-13-23)30-26(38)22-34-16-8-9-17-34/h12-15,25,27H,4-11,16-22H2,1-3H3,(H,30,38). The van der Waals surface area contributed by atoms with Crippen LogP contribution in [0.5, 0.6) is 0 Å². The molecule has 38 heavy (non-hydrogen) atoms. The van der Waals surface area contributed by atoms with E-state index in [-0.39, 0.29) is 17.5 Å². The lowest BCUT2D eigenvalue weighted by Gasteiger charge is -2.43. The van der Waals surface area contributed by atoms with Crippen LogP contribution in [0, 0.1) is 0 Å². The second-order valence-electron chi connectivity index (χ2n) is 12.0. The number of tetrazole rings is 1. The molecule has 1 aliphatic carbocycles. The van der Waals surface area contributed by atoms with Gasteiger partial charge in [-0.1, -0.05) is 38.3 Å². The fraction of sp³-hybridized carbons (Fsp3) is 0.724. The lowest BCUT2D eigenvalue weighted by Crippen LogP contribution is -2.52. The van der Waals surface area contributed by atoms with Crippen LogP contribution in [0.3, 0.4) is 0 Å². The van der Waals surface area contributed by atoms with Crippen molar-refractivity contribution in [3.63, 3.8) is 0 Å². The highest BCUT2D eigenvalue weighted by Gasteiger charge is 2.35. The summed E-state index contributed by atoms with van der Waals surface area (Å²) in [6, 6.07) is 9.06. The van der Waals surface area contributed by atoms with Crippen LogP contribution >= 0.6 is 0 Å². The molecule has 1 N–H and O–H groups in total. The van der Waals surface area contributed by atoms with Gasteiger partial charge in [0, 0.05) is 37.9 Å². The number of anilines is 1. The van der Waals surface area contributed by atoms with Crippen molar-refractivity contribution in [1.82, 2.24) is 34.9 Å². The van der Waals surface area contributed by atoms with E-state index in [2.05, 4.69) is 68.4 Å². The smallest absolute Gasteiger partial charge is 0.238 e. The molecule has 1 atom stereocenters. The first-order valence-electron chi connectivity index (χ1n) is 14.8. The van der Waals surface area contributed by atoms with Crippen molar-refractivity contribution in [3.05, 3.63) is 35.7 Å². The Labute approximate surface area is 227 Å². The molecule has 9 heteroatoms. The zero-order valence-electron chi connectivity index (χ0n) is 23.6. The molecular weight excluding hydrogens is 476 g/mol. The Morgan fingerprint density at radius 2 is 1.66 bits per heavy atom. The molecule has 9 nitrogen and oxygen atoms in total. The number of carbonyl (C=O) groups is 1. The number of amides is 1. The predicted molar refractivity (Wildman–Crippen MR) is 150 cm³/mol. The molecule has 1 aromatic carbocycles. The zero-order valence-corrected chi connectivity index (χ0v) is 23.6. The highest BCUT2D eigenvalue weighted by molar-refractivity contribution is 5.92. The van der Waals surface area contributed by atoms with Crippen LogP contribution in [-0.2, 0) is 10.3 Å². The average molecular weight is 523 g/mol. The second kappa shape index (κ2) is 12.2. The first-order valence-corrected chi connectivity index (χ1v) is 14.8. The molecular formula is C29H46N8O. The highest BCUT2D eigenvalue weighted by Crippen LogP contribution is 2.33. The summed E-state index contributed by atoms with van der Waals surface area (Å²) >= 11 is 0. The molecule has 3 fully saturated rings. The summed E-state index contributed by atoms with van der Waals surface area (Å²) in [5.74, 6) is 0.956. The van der Waals surface area contributed by atoms with E-state index in [4.69, 9.17) is 0 Å². The van der Waals surface area contributed by atoms with Gasteiger partial charge in [0.05, 0.1) is 18.1 Å². The Morgan fingerprint density at radius 1 is 0.974 bits per heavy atom. The van der Waals surface area contributed by atoms with Gasteiger partial charge in [0.2, 0.25) is 5.91 Å². The molecule has 3 aliphatic rings. The number of piperazine rings is 1. The van der Waals surface area contributed by atoms with Crippen LogP contribution in [0.1, 0.15) is 89.6 Å². The van der Waals surface area contributed by atoms with E-state index < -0.39 is 0 Å². The molecule has 1 saturated carbocycles. The van der Waals surface area contributed by atoms with E-state index in [1.54, 1.807) is 0 Å². The summed E-state index contributed by atoms with van der Waals surface area (Å²) < 4.78 is 2.02. The Bertz CT molecular complexity index is 1030. The van der Waals surface area contributed by atoms with Crippen LogP contribution < -0.4 is 5.32 Å². The Morgan fingerprint density at radius 3 is 2.32 bits per heavy atom. The molecule has 1 amide bonds. The third-order valence-electron chi connectivity index (χ3n) is 9.06. The largest absolute Gasteiger partial charge is 0.325 e. The Balaban J connectivity index is 1.34. The van der Waals surface area contributed by atoms with E-state index in [0.29, 0.717) is 6.54 Å².